The second kappa shape index (κ2) is 8.42. The average Bonchev–Trinajstić information content (AvgIpc) is 2.94. The fraction of sp³-hybridized carbons (Fsp3) is 0.385. The summed E-state index contributed by atoms with van der Waals surface area (Å²) in [6, 6.07) is 2.62. The summed E-state index contributed by atoms with van der Waals surface area (Å²) in [4.78, 5) is 23.7. The molecule has 0 saturated heterocycles. The number of amides is 2. The van der Waals surface area contributed by atoms with Crippen molar-refractivity contribution in [3.8, 4) is 0 Å². The van der Waals surface area contributed by atoms with Crippen molar-refractivity contribution in [1.82, 2.24) is 10.6 Å². The first kappa shape index (κ1) is 15.4. The van der Waals surface area contributed by atoms with Gasteiger partial charge in [0.2, 0.25) is 5.91 Å². The molecule has 0 bridgehead atoms. The minimum atomic E-state index is -0.565. The van der Waals surface area contributed by atoms with Crippen LogP contribution in [0.15, 0.2) is 35.5 Å². The van der Waals surface area contributed by atoms with Crippen molar-refractivity contribution in [3.05, 3.63) is 36.8 Å². The summed E-state index contributed by atoms with van der Waals surface area (Å²) >= 11 is 1.62. The van der Waals surface area contributed by atoms with Crippen molar-refractivity contribution in [3.63, 3.8) is 0 Å². The van der Waals surface area contributed by atoms with Crippen LogP contribution in [0.1, 0.15) is 17.0 Å². The zero-order valence-electron chi connectivity index (χ0n) is 10.8. The number of carbonyl (C=O) groups is 2. The van der Waals surface area contributed by atoms with E-state index in [0.29, 0.717) is 13.0 Å². The van der Waals surface area contributed by atoms with E-state index in [-0.39, 0.29) is 17.6 Å². The van der Waals surface area contributed by atoms with Gasteiger partial charge in [0.25, 0.3) is 5.91 Å². The van der Waals surface area contributed by atoms with Crippen molar-refractivity contribution in [2.45, 2.75) is 12.5 Å². The molecule has 1 rings (SSSR count). The molecule has 2 amide bonds. The fourth-order valence-electron chi connectivity index (χ4n) is 1.44. The normalized spacial score (nSPS) is 11.6. The van der Waals surface area contributed by atoms with Crippen LogP contribution in [0.2, 0.25) is 0 Å². The van der Waals surface area contributed by atoms with Crippen LogP contribution in [-0.2, 0) is 4.79 Å². The maximum absolute atomic E-state index is 11.9. The van der Waals surface area contributed by atoms with E-state index in [1.165, 1.54) is 6.26 Å². The quantitative estimate of drug-likeness (QED) is 0.708. The second-order valence-corrected chi connectivity index (χ2v) is 4.80. The standard InChI is InChI=1S/C13H18N2O3S/c1-3-7-14-12(16)10(6-9-19-2)15-13(17)11-5-4-8-18-11/h3-5,8,10H,1,6-7,9H2,2H3,(H,14,16)(H,15,17). The number of hydrogen-bond acceptors (Lipinski definition) is 4. The van der Waals surface area contributed by atoms with Crippen LogP contribution in [0, 0.1) is 0 Å². The molecule has 104 valence electrons. The molecule has 1 aromatic heterocycles. The molecule has 19 heavy (non-hydrogen) atoms. The molecule has 0 aliphatic rings. The second-order valence-electron chi connectivity index (χ2n) is 3.82. The number of hydrogen-bond donors (Lipinski definition) is 2. The zero-order valence-corrected chi connectivity index (χ0v) is 11.7. The number of rotatable bonds is 8. The highest BCUT2D eigenvalue weighted by Crippen LogP contribution is 2.04. The first-order chi connectivity index (χ1) is 9.19. The molecular formula is C13H18N2O3S. The maximum Gasteiger partial charge on any atom is 0.287 e. The Balaban J connectivity index is 2.60. The predicted molar refractivity (Wildman–Crippen MR) is 76.2 cm³/mol. The Morgan fingerprint density at radius 1 is 1.58 bits per heavy atom. The Bertz CT molecular complexity index is 418. The molecule has 0 aliphatic heterocycles. The van der Waals surface area contributed by atoms with Gasteiger partial charge in [0.1, 0.15) is 6.04 Å². The summed E-state index contributed by atoms with van der Waals surface area (Å²) in [7, 11) is 0. The lowest BCUT2D eigenvalue weighted by Crippen LogP contribution is -2.47. The molecule has 1 unspecified atom stereocenters. The van der Waals surface area contributed by atoms with Crippen molar-refractivity contribution in [1.29, 1.82) is 0 Å². The third-order valence-electron chi connectivity index (χ3n) is 2.40. The van der Waals surface area contributed by atoms with Gasteiger partial charge in [0.15, 0.2) is 5.76 Å². The van der Waals surface area contributed by atoms with E-state index >= 15 is 0 Å². The number of furan rings is 1. The van der Waals surface area contributed by atoms with E-state index in [4.69, 9.17) is 4.42 Å². The molecular weight excluding hydrogens is 264 g/mol. The monoisotopic (exact) mass is 282 g/mol. The SMILES string of the molecule is C=CCNC(=O)C(CCSC)NC(=O)c1ccco1. The van der Waals surface area contributed by atoms with Crippen LogP contribution in [-0.4, -0.2) is 36.4 Å². The minimum Gasteiger partial charge on any atom is -0.459 e. The molecule has 1 atom stereocenters. The van der Waals surface area contributed by atoms with Gasteiger partial charge in [-0.1, -0.05) is 6.08 Å². The highest BCUT2D eigenvalue weighted by Gasteiger charge is 2.21. The van der Waals surface area contributed by atoms with E-state index in [0.717, 1.165) is 5.75 Å². The van der Waals surface area contributed by atoms with Gasteiger partial charge in [-0.05, 0) is 30.6 Å². The third-order valence-corrected chi connectivity index (χ3v) is 3.04. The van der Waals surface area contributed by atoms with E-state index in [9.17, 15) is 9.59 Å². The molecule has 1 heterocycles. The summed E-state index contributed by atoms with van der Waals surface area (Å²) in [5, 5.41) is 5.35. The number of nitrogens with one attached hydrogen (secondary N) is 2. The van der Waals surface area contributed by atoms with E-state index < -0.39 is 6.04 Å². The van der Waals surface area contributed by atoms with Gasteiger partial charge in [-0.2, -0.15) is 11.8 Å². The van der Waals surface area contributed by atoms with Crippen molar-refractivity contribution >= 4 is 23.6 Å². The molecule has 1 aromatic rings. The van der Waals surface area contributed by atoms with Gasteiger partial charge >= 0.3 is 0 Å². The lowest BCUT2D eigenvalue weighted by Gasteiger charge is -2.16. The molecule has 2 N–H and O–H groups in total. The van der Waals surface area contributed by atoms with Gasteiger partial charge in [-0.25, -0.2) is 0 Å². The van der Waals surface area contributed by atoms with E-state index in [2.05, 4.69) is 17.2 Å². The Labute approximate surface area is 116 Å². The summed E-state index contributed by atoms with van der Waals surface area (Å²) in [6.45, 7) is 3.91. The van der Waals surface area contributed by atoms with E-state index in [1.807, 2.05) is 6.26 Å². The van der Waals surface area contributed by atoms with Gasteiger partial charge in [0, 0.05) is 6.54 Å². The highest BCUT2D eigenvalue weighted by molar-refractivity contribution is 7.98. The molecule has 6 heteroatoms. The highest BCUT2D eigenvalue weighted by atomic mass is 32.2. The van der Waals surface area contributed by atoms with Crippen LogP contribution in [0.25, 0.3) is 0 Å². The lowest BCUT2D eigenvalue weighted by atomic mass is 10.2. The van der Waals surface area contributed by atoms with Gasteiger partial charge in [-0.3, -0.25) is 9.59 Å². The largest absolute Gasteiger partial charge is 0.459 e. The molecule has 0 aliphatic carbocycles. The van der Waals surface area contributed by atoms with Crippen LogP contribution < -0.4 is 10.6 Å². The summed E-state index contributed by atoms with van der Waals surface area (Å²) in [5.74, 6) is 0.384. The lowest BCUT2D eigenvalue weighted by molar-refractivity contribution is -0.122. The Morgan fingerprint density at radius 2 is 2.37 bits per heavy atom. The molecule has 0 spiro atoms. The number of thioether (sulfide) groups is 1. The molecule has 0 saturated carbocycles. The first-order valence-electron chi connectivity index (χ1n) is 5.91. The Hall–Kier alpha value is -1.69. The molecule has 5 nitrogen and oxygen atoms in total. The summed E-state index contributed by atoms with van der Waals surface area (Å²) in [6.07, 6.45) is 5.53. The topological polar surface area (TPSA) is 71.3 Å². The number of carbonyl (C=O) groups excluding carboxylic acids is 2. The van der Waals surface area contributed by atoms with Crippen LogP contribution >= 0.6 is 11.8 Å². The van der Waals surface area contributed by atoms with Gasteiger partial charge in [0.05, 0.1) is 6.26 Å². The molecule has 0 aromatic carbocycles. The first-order valence-corrected chi connectivity index (χ1v) is 7.30. The molecule has 0 fully saturated rings. The fourth-order valence-corrected chi connectivity index (χ4v) is 1.91. The van der Waals surface area contributed by atoms with Gasteiger partial charge < -0.3 is 15.1 Å². The van der Waals surface area contributed by atoms with Crippen molar-refractivity contribution in [2.75, 3.05) is 18.6 Å². The smallest absolute Gasteiger partial charge is 0.287 e. The predicted octanol–water partition coefficient (Wildman–Crippen LogP) is 1.43. The van der Waals surface area contributed by atoms with Crippen LogP contribution in [0.3, 0.4) is 0 Å². The zero-order chi connectivity index (χ0) is 14.1. The Kier molecular flexibility index (Phi) is 6.81. The maximum atomic E-state index is 11.9. The van der Waals surface area contributed by atoms with E-state index in [1.54, 1.807) is 30.0 Å². The third kappa shape index (κ3) is 5.21. The van der Waals surface area contributed by atoms with Gasteiger partial charge in [-0.15, -0.1) is 6.58 Å². The van der Waals surface area contributed by atoms with Crippen LogP contribution in [0.4, 0.5) is 0 Å². The van der Waals surface area contributed by atoms with Crippen LogP contribution in [0.5, 0.6) is 0 Å². The van der Waals surface area contributed by atoms with Crippen molar-refractivity contribution in [2.24, 2.45) is 0 Å². The van der Waals surface area contributed by atoms with Crippen molar-refractivity contribution < 1.29 is 14.0 Å². The summed E-state index contributed by atoms with van der Waals surface area (Å²) < 4.78 is 5.00. The average molecular weight is 282 g/mol. The summed E-state index contributed by atoms with van der Waals surface area (Å²) in [5.41, 5.74) is 0. The minimum absolute atomic E-state index is 0.200. The Morgan fingerprint density at radius 3 is 2.95 bits per heavy atom. The molecule has 0 radical (unpaired) electrons.